The summed E-state index contributed by atoms with van der Waals surface area (Å²) in [5, 5.41) is -0.0251. The molecule has 1 aliphatic rings. The minimum Gasteiger partial charge on any atom is -0.469 e. The number of rotatable bonds is 4. The van der Waals surface area contributed by atoms with E-state index in [1.807, 2.05) is 0 Å². The molecular formula is C14H23N3O4S. The van der Waals surface area contributed by atoms with Gasteiger partial charge in [0.25, 0.3) is 10.0 Å². The van der Waals surface area contributed by atoms with Gasteiger partial charge in [-0.25, -0.2) is 18.1 Å². The largest absolute Gasteiger partial charge is 0.469 e. The van der Waals surface area contributed by atoms with Gasteiger partial charge in [0.2, 0.25) is 0 Å². The average Bonchev–Trinajstić information content (AvgIpc) is 2.78. The van der Waals surface area contributed by atoms with Crippen molar-refractivity contribution < 1.29 is 17.9 Å². The zero-order valence-electron chi connectivity index (χ0n) is 13.4. The van der Waals surface area contributed by atoms with E-state index in [9.17, 15) is 13.2 Å². The lowest BCUT2D eigenvalue weighted by molar-refractivity contribution is -0.149. The number of hydrogen-bond donors (Lipinski definition) is 1. The normalized spacial score (nSPS) is 25.9. The van der Waals surface area contributed by atoms with Gasteiger partial charge in [-0.3, -0.25) is 4.79 Å². The molecule has 1 aromatic heterocycles. The molecule has 0 radical (unpaired) electrons. The van der Waals surface area contributed by atoms with Crippen molar-refractivity contribution in [2.24, 2.45) is 13.0 Å². The lowest BCUT2D eigenvalue weighted by atomic mass is 9.74. The van der Waals surface area contributed by atoms with E-state index < -0.39 is 21.5 Å². The van der Waals surface area contributed by atoms with E-state index in [1.54, 1.807) is 25.5 Å². The predicted octanol–water partition coefficient (Wildman–Crippen LogP) is 1.13. The number of imidazole rings is 1. The van der Waals surface area contributed by atoms with E-state index in [0.29, 0.717) is 18.7 Å². The molecule has 1 saturated carbocycles. The molecule has 0 bridgehead atoms. The van der Waals surface area contributed by atoms with Crippen molar-refractivity contribution >= 4 is 16.0 Å². The Labute approximate surface area is 131 Å². The zero-order valence-corrected chi connectivity index (χ0v) is 14.2. The summed E-state index contributed by atoms with van der Waals surface area (Å²) in [6, 6.07) is 0. The molecule has 0 saturated heterocycles. The van der Waals surface area contributed by atoms with Gasteiger partial charge in [-0.05, 0) is 26.7 Å². The van der Waals surface area contributed by atoms with Crippen molar-refractivity contribution in [3.63, 3.8) is 0 Å². The molecule has 124 valence electrons. The van der Waals surface area contributed by atoms with Crippen LogP contribution in [0.15, 0.2) is 11.2 Å². The summed E-state index contributed by atoms with van der Waals surface area (Å²) in [5.41, 5.74) is -0.852. The number of methoxy groups -OCH3 is 1. The van der Waals surface area contributed by atoms with Crippen LogP contribution in [0.3, 0.4) is 0 Å². The van der Waals surface area contributed by atoms with Crippen LogP contribution in [0.1, 0.15) is 38.4 Å². The Morgan fingerprint density at radius 1 is 1.50 bits per heavy atom. The Balaban J connectivity index is 2.31. The Bertz CT molecular complexity index is 648. The molecule has 1 aromatic rings. The molecule has 0 unspecified atom stereocenters. The molecule has 0 amide bonds. The van der Waals surface area contributed by atoms with Crippen LogP contribution >= 0.6 is 0 Å². The Hall–Kier alpha value is -1.41. The van der Waals surface area contributed by atoms with Gasteiger partial charge >= 0.3 is 5.97 Å². The van der Waals surface area contributed by atoms with Gasteiger partial charge in [0, 0.05) is 18.8 Å². The molecule has 2 atom stereocenters. The summed E-state index contributed by atoms with van der Waals surface area (Å²) in [4.78, 5) is 16.1. The van der Waals surface area contributed by atoms with Gasteiger partial charge in [0.15, 0.2) is 5.03 Å². The third-order valence-corrected chi connectivity index (χ3v) is 5.91. The van der Waals surface area contributed by atoms with Crippen LogP contribution in [0.2, 0.25) is 0 Å². The second-order valence-electron chi connectivity index (χ2n) is 6.08. The highest BCUT2D eigenvalue weighted by atomic mass is 32.2. The topological polar surface area (TPSA) is 90.3 Å². The Morgan fingerprint density at radius 2 is 2.18 bits per heavy atom. The van der Waals surface area contributed by atoms with Crippen LogP contribution in [0.5, 0.6) is 0 Å². The monoisotopic (exact) mass is 329 g/mol. The van der Waals surface area contributed by atoms with Gasteiger partial charge in [0.05, 0.1) is 13.0 Å². The first-order valence-corrected chi connectivity index (χ1v) is 8.80. The smallest absolute Gasteiger partial charge is 0.310 e. The minimum absolute atomic E-state index is 0.0251. The SMILES string of the molecule is COC(=O)[C@H]1CCCC[C@]1(C)NS(=O)(=O)c1cn(C)c(C)n1. The number of carbonyl (C=O) groups is 1. The molecular weight excluding hydrogens is 306 g/mol. The summed E-state index contributed by atoms with van der Waals surface area (Å²) in [7, 11) is -0.720. The number of nitrogens with one attached hydrogen (secondary N) is 1. The van der Waals surface area contributed by atoms with Crippen LogP contribution in [-0.4, -0.2) is 36.6 Å². The predicted molar refractivity (Wildman–Crippen MR) is 80.6 cm³/mol. The number of hydrogen-bond acceptors (Lipinski definition) is 5. The van der Waals surface area contributed by atoms with E-state index in [0.717, 1.165) is 12.8 Å². The highest BCUT2D eigenvalue weighted by Crippen LogP contribution is 2.35. The number of carbonyl (C=O) groups excluding carboxylic acids is 1. The summed E-state index contributed by atoms with van der Waals surface area (Å²) in [5.74, 6) is -0.244. The maximum atomic E-state index is 12.6. The Kier molecular flexibility index (Phi) is 4.62. The Morgan fingerprint density at radius 3 is 2.73 bits per heavy atom. The standard InChI is InChI=1S/C14H23N3O4S/c1-10-15-12(9-17(10)3)22(19,20)16-14(2)8-6-5-7-11(14)13(18)21-4/h9,11,16H,5-8H2,1-4H3/t11-,14+/m1/s1. The third-order valence-electron chi connectivity index (χ3n) is 4.42. The minimum atomic E-state index is -3.78. The van der Waals surface area contributed by atoms with Crippen molar-refractivity contribution in [3.05, 3.63) is 12.0 Å². The molecule has 0 aromatic carbocycles. The summed E-state index contributed by atoms with van der Waals surface area (Å²) in [6.07, 6.45) is 4.44. The number of esters is 1. The van der Waals surface area contributed by atoms with E-state index in [2.05, 4.69) is 9.71 Å². The average molecular weight is 329 g/mol. The third kappa shape index (κ3) is 3.17. The zero-order chi connectivity index (χ0) is 16.5. The van der Waals surface area contributed by atoms with E-state index in [1.165, 1.54) is 13.3 Å². The maximum absolute atomic E-state index is 12.6. The molecule has 1 aliphatic carbocycles. The first-order valence-electron chi connectivity index (χ1n) is 7.31. The van der Waals surface area contributed by atoms with Gasteiger partial charge < -0.3 is 9.30 Å². The fourth-order valence-corrected chi connectivity index (χ4v) is 4.50. The molecule has 7 nitrogen and oxygen atoms in total. The fraction of sp³-hybridized carbons (Fsp3) is 0.714. The van der Waals surface area contributed by atoms with Crippen molar-refractivity contribution in [1.82, 2.24) is 14.3 Å². The van der Waals surface area contributed by atoms with Gasteiger partial charge in [-0.1, -0.05) is 12.8 Å². The van der Waals surface area contributed by atoms with Crippen molar-refractivity contribution in [2.75, 3.05) is 7.11 Å². The molecule has 1 N–H and O–H groups in total. The highest BCUT2D eigenvalue weighted by molar-refractivity contribution is 7.89. The van der Waals surface area contributed by atoms with Gasteiger partial charge in [0.1, 0.15) is 5.82 Å². The molecule has 0 aliphatic heterocycles. The quantitative estimate of drug-likeness (QED) is 0.836. The molecule has 2 rings (SSSR count). The lowest BCUT2D eigenvalue weighted by Crippen LogP contribution is -2.55. The van der Waals surface area contributed by atoms with Gasteiger partial charge in [-0.15, -0.1) is 0 Å². The second-order valence-corrected chi connectivity index (χ2v) is 7.71. The van der Waals surface area contributed by atoms with Crippen molar-refractivity contribution in [2.45, 2.75) is 50.1 Å². The number of ether oxygens (including phenoxy) is 1. The second kappa shape index (κ2) is 6.00. The van der Waals surface area contributed by atoms with Crippen LogP contribution < -0.4 is 4.72 Å². The van der Waals surface area contributed by atoms with Gasteiger partial charge in [-0.2, -0.15) is 0 Å². The number of nitrogens with zero attached hydrogens (tertiary/aromatic N) is 2. The highest BCUT2D eigenvalue weighted by Gasteiger charge is 2.44. The van der Waals surface area contributed by atoms with Crippen molar-refractivity contribution in [1.29, 1.82) is 0 Å². The van der Waals surface area contributed by atoms with Crippen LogP contribution in [0.4, 0.5) is 0 Å². The van der Waals surface area contributed by atoms with Crippen LogP contribution in [0.25, 0.3) is 0 Å². The summed E-state index contributed by atoms with van der Waals surface area (Å²) >= 11 is 0. The van der Waals surface area contributed by atoms with Crippen molar-refractivity contribution in [3.8, 4) is 0 Å². The first kappa shape index (κ1) is 17.0. The number of aromatic nitrogens is 2. The van der Waals surface area contributed by atoms with Crippen LogP contribution in [0, 0.1) is 12.8 Å². The molecule has 1 fully saturated rings. The first-order chi connectivity index (χ1) is 10.2. The molecule has 8 heteroatoms. The van der Waals surface area contributed by atoms with Crippen LogP contribution in [-0.2, 0) is 26.6 Å². The maximum Gasteiger partial charge on any atom is 0.310 e. The number of aryl methyl sites for hydroxylation is 2. The summed E-state index contributed by atoms with van der Waals surface area (Å²) in [6.45, 7) is 3.50. The van der Waals surface area contributed by atoms with E-state index >= 15 is 0 Å². The summed E-state index contributed by atoms with van der Waals surface area (Å²) < 4.78 is 34.3. The fourth-order valence-electron chi connectivity index (χ4n) is 2.99. The molecule has 0 spiro atoms. The number of sulfonamides is 1. The van der Waals surface area contributed by atoms with E-state index in [4.69, 9.17) is 4.74 Å². The lowest BCUT2D eigenvalue weighted by Gasteiger charge is -2.39. The molecule has 1 heterocycles. The molecule has 22 heavy (non-hydrogen) atoms. The van der Waals surface area contributed by atoms with E-state index in [-0.39, 0.29) is 11.0 Å².